The fourth-order valence-corrected chi connectivity index (χ4v) is 2.08. The van der Waals surface area contributed by atoms with Crippen LogP contribution in [0.1, 0.15) is 34.6 Å². The van der Waals surface area contributed by atoms with E-state index in [0.29, 0.717) is 11.8 Å². The highest BCUT2D eigenvalue weighted by atomic mass is 16.2. The van der Waals surface area contributed by atoms with Gasteiger partial charge in [-0.15, -0.1) is 0 Å². The number of benzene rings is 1. The number of nitrogens with zero attached hydrogens (tertiary/aromatic N) is 1. The summed E-state index contributed by atoms with van der Waals surface area (Å²) < 4.78 is 0. The van der Waals surface area contributed by atoms with E-state index in [1.54, 1.807) is 24.3 Å². The van der Waals surface area contributed by atoms with Crippen molar-refractivity contribution in [2.24, 2.45) is 11.7 Å². The molecule has 19 heavy (non-hydrogen) atoms. The van der Waals surface area contributed by atoms with Crippen molar-refractivity contribution in [3.8, 4) is 0 Å². The average molecular weight is 262 g/mol. The minimum atomic E-state index is -0.702. The highest BCUT2D eigenvalue weighted by Crippen LogP contribution is 2.15. The van der Waals surface area contributed by atoms with Gasteiger partial charge in [0.2, 0.25) is 5.91 Å². The third-order valence-corrected chi connectivity index (χ3v) is 2.98. The lowest BCUT2D eigenvalue weighted by Gasteiger charge is -2.29. The zero-order chi connectivity index (χ0) is 14.6. The van der Waals surface area contributed by atoms with Crippen LogP contribution in [0, 0.1) is 5.92 Å². The van der Waals surface area contributed by atoms with Crippen molar-refractivity contribution in [1.29, 1.82) is 0 Å². The molecule has 5 nitrogen and oxygen atoms in total. The summed E-state index contributed by atoms with van der Waals surface area (Å²) in [5.74, 6) is -1.05. The number of carbonyl (C=O) groups is 3. The second-order valence-electron chi connectivity index (χ2n) is 4.71. The Balaban J connectivity index is 3.11. The Kier molecular flexibility index (Phi) is 4.80. The maximum atomic E-state index is 12.3. The van der Waals surface area contributed by atoms with Gasteiger partial charge in [-0.3, -0.25) is 14.4 Å². The van der Waals surface area contributed by atoms with Gasteiger partial charge in [-0.1, -0.05) is 32.0 Å². The Morgan fingerprint density at radius 2 is 1.84 bits per heavy atom. The van der Waals surface area contributed by atoms with Crippen molar-refractivity contribution in [2.75, 3.05) is 7.05 Å². The van der Waals surface area contributed by atoms with Gasteiger partial charge in [0.1, 0.15) is 6.04 Å². The van der Waals surface area contributed by atoms with Gasteiger partial charge in [0.15, 0.2) is 6.29 Å². The Labute approximate surface area is 112 Å². The molecule has 0 radical (unpaired) electrons. The van der Waals surface area contributed by atoms with Crippen LogP contribution in [0.25, 0.3) is 0 Å². The van der Waals surface area contributed by atoms with E-state index >= 15 is 0 Å². The number of rotatable bonds is 5. The fourth-order valence-electron chi connectivity index (χ4n) is 2.08. The number of hydrogen-bond donors (Lipinski definition) is 1. The van der Waals surface area contributed by atoms with Crippen LogP contribution >= 0.6 is 0 Å². The molecule has 0 saturated carbocycles. The molecular weight excluding hydrogens is 244 g/mol. The van der Waals surface area contributed by atoms with Gasteiger partial charge in [0, 0.05) is 12.6 Å². The van der Waals surface area contributed by atoms with Crippen molar-refractivity contribution < 1.29 is 14.4 Å². The molecule has 0 aromatic heterocycles. The fraction of sp³-hybridized carbons (Fsp3) is 0.357. The Bertz CT molecular complexity index is 497. The normalized spacial score (nSPS) is 12.0. The molecule has 0 bridgehead atoms. The molecule has 1 rings (SSSR count). The molecule has 0 fully saturated rings. The first-order valence-electron chi connectivity index (χ1n) is 6.00. The zero-order valence-corrected chi connectivity index (χ0v) is 11.3. The molecule has 0 aliphatic heterocycles. The topological polar surface area (TPSA) is 80.5 Å². The largest absolute Gasteiger partial charge is 0.368 e. The molecule has 0 aliphatic carbocycles. The van der Waals surface area contributed by atoms with E-state index in [4.69, 9.17) is 5.73 Å². The summed E-state index contributed by atoms with van der Waals surface area (Å²) in [5, 5.41) is 0. The molecular formula is C14H18N2O3. The van der Waals surface area contributed by atoms with Crippen molar-refractivity contribution >= 4 is 18.1 Å². The molecule has 0 spiro atoms. The van der Waals surface area contributed by atoms with Gasteiger partial charge in [-0.2, -0.15) is 0 Å². The molecule has 2 N–H and O–H groups in total. The van der Waals surface area contributed by atoms with Crippen molar-refractivity contribution in [1.82, 2.24) is 4.90 Å². The number of hydrogen-bond acceptors (Lipinski definition) is 3. The number of primary amides is 1. The summed E-state index contributed by atoms with van der Waals surface area (Å²) in [6, 6.07) is 5.76. The first-order valence-corrected chi connectivity index (χ1v) is 6.00. The van der Waals surface area contributed by atoms with E-state index in [1.807, 2.05) is 13.8 Å². The monoisotopic (exact) mass is 262 g/mol. The molecule has 5 heteroatoms. The van der Waals surface area contributed by atoms with Crippen LogP contribution in [0.5, 0.6) is 0 Å². The van der Waals surface area contributed by atoms with Gasteiger partial charge in [0.05, 0.1) is 5.56 Å². The van der Waals surface area contributed by atoms with Crippen LogP contribution < -0.4 is 5.73 Å². The molecule has 0 heterocycles. The summed E-state index contributed by atoms with van der Waals surface area (Å²) in [6.07, 6.45) is 0.621. The minimum Gasteiger partial charge on any atom is -0.368 e. The predicted molar refractivity (Wildman–Crippen MR) is 71.7 cm³/mol. The molecule has 1 aromatic carbocycles. The first-order chi connectivity index (χ1) is 8.90. The number of aldehydes is 1. The summed E-state index contributed by atoms with van der Waals surface area (Å²) in [5.41, 5.74) is 5.89. The third-order valence-electron chi connectivity index (χ3n) is 2.98. The Hall–Kier alpha value is -2.17. The highest BCUT2D eigenvalue weighted by Gasteiger charge is 2.29. The second kappa shape index (κ2) is 6.13. The van der Waals surface area contributed by atoms with Crippen LogP contribution in [-0.2, 0) is 4.79 Å². The van der Waals surface area contributed by atoms with Crippen molar-refractivity contribution in [3.05, 3.63) is 35.4 Å². The summed E-state index contributed by atoms with van der Waals surface area (Å²) in [6.45, 7) is 3.62. The van der Waals surface area contributed by atoms with E-state index in [1.165, 1.54) is 11.9 Å². The standard InChI is InChI=1S/C14H18N2O3/c1-9(2)12(13(15)18)16(3)14(19)11-7-5-4-6-10(11)8-17/h4-9,12H,1-3H3,(H2,15,18). The van der Waals surface area contributed by atoms with Crippen LogP contribution in [0.3, 0.4) is 0 Å². The molecule has 1 aromatic rings. The van der Waals surface area contributed by atoms with E-state index in [9.17, 15) is 14.4 Å². The van der Waals surface area contributed by atoms with Crippen LogP contribution in [0.2, 0.25) is 0 Å². The summed E-state index contributed by atoms with van der Waals surface area (Å²) in [4.78, 5) is 36.0. The third kappa shape index (κ3) is 3.19. The summed E-state index contributed by atoms with van der Waals surface area (Å²) >= 11 is 0. The van der Waals surface area contributed by atoms with Gasteiger partial charge in [-0.05, 0) is 12.0 Å². The predicted octanol–water partition coefficient (Wildman–Crippen LogP) is 1.08. The number of carbonyl (C=O) groups excluding carboxylic acids is 3. The SMILES string of the molecule is CC(C)C(C(N)=O)N(C)C(=O)c1ccccc1C=O. The summed E-state index contributed by atoms with van der Waals surface area (Å²) in [7, 11) is 1.51. The maximum Gasteiger partial charge on any atom is 0.255 e. The average Bonchev–Trinajstić information content (AvgIpc) is 2.36. The maximum absolute atomic E-state index is 12.3. The first kappa shape index (κ1) is 14.9. The molecule has 1 unspecified atom stereocenters. The smallest absolute Gasteiger partial charge is 0.255 e. The highest BCUT2D eigenvalue weighted by molar-refractivity contribution is 6.02. The van der Waals surface area contributed by atoms with Gasteiger partial charge in [-0.25, -0.2) is 0 Å². The quantitative estimate of drug-likeness (QED) is 0.806. The molecule has 0 saturated heterocycles. The zero-order valence-electron chi connectivity index (χ0n) is 11.3. The lowest BCUT2D eigenvalue weighted by molar-refractivity contribution is -0.123. The van der Waals surface area contributed by atoms with Gasteiger partial charge < -0.3 is 10.6 Å². The van der Waals surface area contributed by atoms with E-state index in [2.05, 4.69) is 0 Å². The van der Waals surface area contributed by atoms with Gasteiger partial charge in [0.25, 0.3) is 5.91 Å². The van der Waals surface area contributed by atoms with Gasteiger partial charge >= 0.3 is 0 Å². The van der Waals surface area contributed by atoms with Crippen LogP contribution in [0.15, 0.2) is 24.3 Å². The van der Waals surface area contributed by atoms with Crippen molar-refractivity contribution in [2.45, 2.75) is 19.9 Å². The van der Waals surface area contributed by atoms with E-state index < -0.39 is 11.9 Å². The number of amides is 2. The Morgan fingerprint density at radius 3 is 2.32 bits per heavy atom. The van der Waals surface area contributed by atoms with E-state index in [0.717, 1.165) is 0 Å². The lowest BCUT2D eigenvalue weighted by atomic mass is 10.0. The number of nitrogens with two attached hydrogens (primary N) is 1. The van der Waals surface area contributed by atoms with E-state index in [-0.39, 0.29) is 17.4 Å². The molecule has 1 atom stereocenters. The minimum absolute atomic E-state index is 0.102. The van der Waals surface area contributed by atoms with Crippen molar-refractivity contribution in [3.63, 3.8) is 0 Å². The molecule has 2 amide bonds. The number of likely N-dealkylation sites (N-methyl/N-ethyl adjacent to an activating group) is 1. The molecule has 102 valence electrons. The Morgan fingerprint density at radius 1 is 1.26 bits per heavy atom. The second-order valence-corrected chi connectivity index (χ2v) is 4.71. The van der Waals surface area contributed by atoms with Crippen LogP contribution in [0.4, 0.5) is 0 Å². The molecule has 0 aliphatic rings. The van der Waals surface area contributed by atoms with Crippen LogP contribution in [-0.4, -0.2) is 36.1 Å². The lowest BCUT2D eigenvalue weighted by Crippen LogP contribution is -2.48.